The van der Waals surface area contributed by atoms with Gasteiger partial charge in [-0.3, -0.25) is 18.6 Å². The lowest BCUT2D eigenvalue weighted by molar-refractivity contribution is -0.870. The topological polar surface area (TPSA) is 108 Å². The predicted molar refractivity (Wildman–Crippen MR) is 408 cm³/mol. The molecule has 0 radical (unpaired) electrons. The van der Waals surface area contributed by atoms with Crippen LogP contribution in [0.1, 0.15) is 348 Å². The van der Waals surface area contributed by atoms with E-state index in [9.17, 15) is 19.0 Å². The summed E-state index contributed by atoms with van der Waals surface area (Å²) in [6.45, 7) is 4.24. The van der Waals surface area contributed by atoms with E-state index in [1.807, 2.05) is 21.1 Å². The highest BCUT2D eigenvalue weighted by molar-refractivity contribution is 7.47. The van der Waals surface area contributed by atoms with Gasteiger partial charge in [-0.2, -0.15) is 0 Å². The molecule has 10 heteroatoms. The van der Waals surface area contributed by atoms with E-state index in [0.717, 1.165) is 109 Å². The lowest BCUT2D eigenvalue weighted by Gasteiger charge is -2.24. The largest absolute Gasteiger partial charge is 0.472 e. The fourth-order valence-corrected chi connectivity index (χ4v) is 11.8. The molecular formula is C84H149NO8P+. The van der Waals surface area contributed by atoms with Gasteiger partial charge in [0.25, 0.3) is 0 Å². The molecule has 0 saturated heterocycles. The first-order valence-electron chi connectivity index (χ1n) is 39.3. The number of allylic oxidation sites excluding steroid dienone is 20. The maximum atomic E-state index is 12.9. The Morgan fingerprint density at radius 1 is 0.330 bits per heavy atom. The Morgan fingerprint density at radius 3 is 0.851 bits per heavy atom. The van der Waals surface area contributed by atoms with E-state index in [0.29, 0.717) is 17.4 Å². The minimum absolute atomic E-state index is 0.0280. The van der Waals surface area contributed by atoms with Gasteiger partial charge in [0.2, 0.25) is 0 Å². The van der Waals surface area contributed by atoms with Gasteiger partial charge in [0.1, 0.15) is 19.8 Å². The number of phosphoric acid groups is 1. The quantitative estimate of drug-likeness (QED) is 0.0211. The van der Waals surface area contributed by atoms with Crippen LogP contribution < -0.4 is 0 Å². The Bertz CT molecular complexity index is 2010. The number of esters is 2. The van der Waals surface area contributed by atoms with Crippen LogP contribution in [-0.2, 0) is 32.7 Å². The van der Waals surface area contributed by atoms with Gasteiger partial charge in [-0.1, -0.05) is 354 Å². The van der Waals surface area contributed by atoms with Crippen molar-refractivity contribution >= 4 is 19.8 Å². The Kier molecular flexibility index (Phi) is 70.8. The van der Waals surface area contributed by atoms with Crippen molar-refractivity contribution in [1.29, 1.82) is 0 Å². The molecule has 0 aromatic heterocycles. The number of hydrogen-bond donors (Lipinski definition) is 1. The van der Waals surface area contributed by atoms with E-state index in [2.05, 4.69) is 135 Å². The average molecular weight is 1330 g/mol. The number of carbonyl (C=O) groups excluding carboxylic acids is 2. The van der Waals surface area contributed by atoms with Crippen LogP contribution >= 0.6 is 7.82 Å². The van der Waals surface area contributed by atoms with Gasteiger partial charge in [0, 0.05) is 12.8 Å². The third-order valence-corrected chi connectivity index (χ3v) is 18.0. The molecule has 0 aromatic carbocycles. The highest BCUT2D eigenvalue weighted by Gasteiger charge is 2.27. The van der Waals surface area contributed by atoms with Crippen LogP contribution in [0.15, 0.2) is 122 Å². The average Bonchev–Trinajstić information content (AvgIpc) is 1.65. The first-order valence-corrected chi connectivity index (χ1v) is 40.8. The van der Waals surface area contributed by atoms with Crippen molar-refractivity contribution in [1.82, 2.24) is 0 Å². The second-order valence-electron chi connectivity index (χ2n) is 27.3. The van der Waals surface area contributed by atoms with Crippen molar-refractivity contribution in [3.05, 3.63) is 122 Å². The molecule has 0 amide bonds. The summed E-state index contributed by atoms with van der Waals surface area (Å²) >= 11 is 0. The van der Waals surface area contributed by atoms with Crippen LogP contribution in [0.4, 0.5) is 0 Å². The Balaban J connectivity index is 3.93. The summed E-state index contributed by atoms with van der Waals surface area (Å²) in [7, 11) is 1.48. The van der Waals surface area contributed by atoms with E-state index < -0.39 is 26.5 Å². The number of carbonyl (C=O) groups is 2. The summed E-state index contributed by atoms with van der Waals surface area (Å²) < 4.78 is 34.8. The molecule has 0 aromatic rings. The summed E-state index contributed by atoms with van der Waals surface area (Å²) in [6.07, 6.45) is 106. The second-order valence-corrected chi connectivity index (χ2v) is 28.8. The zero-order valence-electron chi connectivity index (χ0n) is 61.9. The number of rotatable bonds is 72. The lowest BCUT2D eigenvalue weighted by Crippen LogP contribution is -2.37. The third kappa shape index (κ3) is 77.4. The molecular weight excluding hydrogens is 1180 g/mol. The van der Waals surface area contributed by atoms with Crippen LogP contribution in [0.5, 0.6) is 0 Å². The number of nitrogens with zero attached hydrogens (tertiary/aromatic N) is 1. The van der Waals surface area contributed by atoms with Crippen molar-refractivity contribution < 1.29 is 42.1 Å². The van der Waals surface area contributed by atoms with Gasteiger partial charge in [-0.05, 0) is 103 Å². The number of phosphoric ester groups is 1. The molecule has 0 aliphatic rings. The molecule has 0 aliphatic carbocycles. The molecule has 0 heterocycles. The maximum Gasteiger partial charge on any atom is 0.472 e. The fraction of sp³-hybridized carbons (Fsp3) is 0.738. The van der Waals surface area contributed by atoms with Crippen LogP contribution in [0, 0.1) is 0 Å². The zero-order chi connectivity index (χ0) is 68.3. The minimum Gasteiger partial charge on any atom is -0.462 e. The number of unbranched alkanes of at least 4 members (excludes halogenated alkanes) is 38. The SMILES string of the molecule is CC/C=C\C/C=C\C/C=C\C/C=C\C/C=C\C/C=C\CCCCCCCCCCCCC(=O)OC(COC(=O)CCCCCCCCCCCCCCCCCCCCCCCCCCCCCC/C=C\C/C=C\C/C=C\C/C=C\CC)COP(=O)(O)OCC[N+](C)(C)C. The van der Waals surface area contributed by atoms with E-state index in [4.69, 9.17) is 18.5 Å². The highest BCUT2D eigenvalue weighted by Crippen LogP contribution is 2.43. The van der Waals surface area contributed by atoms with Gasteiger partial charge in [-0.25, -0.2) is 4.57 Å². The molecule has 0 bridgehead atoms. The highest BCUT2D eigenvalue weighted by atomic mass is 31.2. The van der Waals surface area contributed by atoms with Gasteiger partial charge in [0.05, 0.1) is 27.7 Å². The smallest absolute Gasteiger partial charge is 0.462 e. The predicted octanol–water partition coefficient (Wildman–Crippen LogP) is 26.2. The number of hydrogen-bond acceptors (Lipinski definition) is 7. The van der Waals surface area contributed by atoms with E-state index in [-0.39, 0.29) is 32.0 Å². The van der Waals surface area contributed by atoms with Crippen molar-refractivity contribution in [3.8, 4) is 0 Å². The molecule has 0 saturated carbocycles. The van der Waals surface area contributed by atoms with E-state index >= 15 is 0 Å². The lowest BCUT2D eigenvalue weighted by atomic mass is 10.0. The number of quaternary nitrogens is 1. The zero-order valence-corrected chi connectivity index (χ0v) is 62.8. The Labute approximate surface area is 581 Å². The minimum atomic E-state index is -4.40. The summed E-state index contributed by atoms with van der Waals surface area (Å²) in [5, 5.41) is 0. The first kappa shape index (κ1) is 90.4. The normalized spacial score (nSPS) is 13.7. The summed E-state index contributed by atoms with van der Waals surface area (Å²) in [5.74, 6) is -0.793. The molecule has 94 heavy (non-hydrogen) atoms. The molecule has 542 valence electrons. The second kappa shape index (κ2) is 73.7. The van der Waals surface area contributed by atoms with E-state index in [1.54, 1.807) is 0 Å². The summed E-state index contributed by atoms with van der Waals surface area (Å²) in [4.78, 5) is 36.0. The van der Waals surface area contributed by atoms with Gasteiger partial charge < -0.3 is 18.9 Å². The summed E-state index contributed by atoms with van der Waals surface area (Å²) in [6, 6.07) is 0. The van der Waals surface area contributed by atoms with Crippen molar-refractivity contribution in [2.45, 2.75) is 354 Å². The number of ether oxygens (including phenoxy) is 2. The van der Waals surface area contributed by atoms with Gasteiger partial charge in [-0.15, -0.1) is 0 Å². The molecule has 0 fully saturated rings. The molecule has 2 atom stereocenters. The standard InChI is InChI=1S/C84H148NO8P/c1-6-8-10-12-14-16-18-20-22-24-26-28-30-32-34-36-37-38-39-40-41-42-43-44-45-46-47-49-50-52-54-56-58-60-62-64-66-68-70-72-74-76-83(86)90-80-82(81-92-94(88,89)91-79-78-85(3,4)5)93-84(87)77-75-73-71-69-67-65-63-61-59-57-55-53-51-48-35-33-31-29-27-25-23-21-19-17-15-13-11-9-7-2/h8-11,14-17,20-23,26-29,33,35,51,53,82H,6-7,12-13,18-19,24-25,30-32,34,36-50,52,54-81H2,1-5H3/p+1/b10-8-,11-9-,16-14-,17-15-,22-20-,23-21-,28-26-,29-27-,35-33-,53-51-. The first-order chi connectivity index (χ1) is 46.0. The van der Waals surface area contributed by atoms with Crippen LogP contribution in [0.3, 0.4) is 0 Å². The molecule has 1 N–H and O–H groups in total. The maximum absolute atomic E-state index is 12.9. The monoisotopic (exact) mass is 1330 g/mol. The van der Waals surface area contributed by atoms with Crippen molar-refractivity contribution in [3.63, 3.8) is 0 Å². The molecule has 0 aliphatic heterocycles. The van der Waals surface area contributed by atoms with Gasteiger partial charge >= 0.3 is 19.8 Å². The number of likely N-dealkylation sites (N-methyl/N-ethyl adjacent to an activating group) is 1. The molecule has 0 rings (SSSR count). The van der Waals surface area contributed by atoms with Crippen molar-refractivity contribution in [2.24, 2.45) is 0 Å². The Morgan fingerprint density at radius 2 is 0.574 bits per heavy atom. The molecule has 0 spiro atoms. The van der Waals surface area contributed by atoms with Gasteiger partial charge in [0.15, 0.2) is 6.10 Å². The fourth-order valence-electron chi connectivity index (χ4n) is 11.1. The van der Waals surface area contributed by atoms with Crippen LogP contribution in [0.2, 0.25) is 0 Å². The van der Waals surface area contributed by atoms with E-state index in [1.165, 1.54) is 205 Å². The third-order valence-electron chi connectivity index (χ3n) is 17.0. The van der Waals surface area contributed by atoms with Crippen molar-refractivity contribution in [2.75, 3.05) is 47.5 Å². The summed E-state index contributed by atoms with van der Waals surface area (Å²) in [5.41, 5.74) is 0. The molecule has 9 nitrogen and oxygen atoms in total. The van der Waals surface area contributed by atoms with Crippen LogP contribution in [-0.4, -0.2) is 74.9 Å². The molecule has 2 unspecified atom stereocenters. The van der Waals surface area contributed by atoms with Crippen LogP contribution in [0.25, 0.3) is 0 Å². The Hall–Kier alpha value is -3.59.